The molecule has 1 aromatic carbocycles. The van der Waals surface area contributed by atoms with Crippen molar-refractivity contribution in [1.29, 1.82) is 0 Å². The maximum Gasteiger partial charge on any atom is 0.227 e. The summed E-state index contributed by atoms with van der Waals surface area (Å²) in [5.41, 5.74) is 7.75. The van der Waals surface area contributed by atoms with Crippen molar-refractivity contribution in [2.45, 2.75) is 19.9 Å². The van der Waals surface area contributed by atoms with Gasteiger partial charge in [-0.1, -0.05) is 22.0 Å². The molecule has 1 amide bonds. The molecule has 19 heavy (non-hydrogen) atoms. The molecular formula is C14H20BrN3O. The zero-order chi connectivity index (χ0) is 14.0. The number of halogens is 1. The molecule has 1 fully saturated rings. The number of amides is 1. The van der Waals surface area contributed by atoms with Crippen LogP contribution in [0.25, 0.3) is 0 Å². The van der Waals surface area contributed by atoms with E-state index < -0.39 is 0 Å². The summed E-state index contributed by atoms with van der Waals surface area (Å²) in [4.78, 5) is 14.2. The van der Waals surface area contributed by atoms with Crippen LogP contribution in [0.2, 0.25) is 0 Å². The number of carbonyl (C=O) groups is 1. The van der Waals surface area contributed by atoms with Crippen molar-refractivity contribution in [1.82, 2.24) is 5.32 Å². The first-order valence-electron chi connectivity index (χ1n) is 6.46. The second-order valence-corrected chi connectivity index (χ2v) is 6.11. The van der Waals surface area contributed by atoms with Gasteiger partial charge in [-0.15, -0.1) is 0 Å². The van der Waals surface area contributed by atoms with E-state index in [-0.39, 0.29) is 11.3 Å². The van der Waals surface area contributed by atoms with E-state index in [2.05, 4.69) is 32.2 Å². The van der Waals surface area contributed by atoms with Gasteiger partial charge in [-0.2, -0.15) is 0 Å². The molecule has 0 aromatic heterocycles. The smallest absolute Gasteiger partial charge is 0.227 e. The maximum absolute atomic E-state index is 12.0. The summed E-state index contributed by atoms with van der Waals surface area (Å²) in [7, 11) is 1.70. The SMILES string of the molecule is CNC(=O)C1(C)CCN(c2cccc(Br)c2CN)C1. The van der Waals surface area contributed by atoms with Gasteiger partial charge in [-0.3, -0.25) is 4.79 Å². The number of nitrogens with two attached hydrogens (primary N) is 1. The summed E-state index contributed by atoms with van der Waals surface area (Å²) < 4.78 is 1.03. The highest BCUT2D eigenvalue weighted by molar-refractivity contribution is 9.10. The van der Waals surface area contributed by atoms with Crippen LogP contribution in [0, 0.1) is 5.41 Å². The van der Waals surface area contributed by atoms with Crippen molar-refractivity contribution in [3.63, 3.8) is 0 Å². The molecule has 0 bridgehead atoms. The van der Waals surface area contributed by atoms with Gasteiger partial charge < -0.3 is 16.0 Å². The molecule has 104 valence electrons. The predicted octanol–water partition coefficient (Wildman–Crippen LogP) is 1.87. The molecule has 4 nitrogen and oxygen atoms in total. The van der Waals surface area contributed by atoms with Crippen molar-refractivity contribution in [2.24, 2.45) is 11.1 Å². The minimum absolute atomic E-state index is 0.110. The fourth-order valence-electron chi connectivity index (χ4n) is 2.70. The van der Waals surface area contributed by atoms with Crippen LogP contribution >= 0.6 is 15.9 Å². The monoisotopic (exact) mass is 325 g/mol. The number of anilines is 1. The average molecular weight is 326 g/mol. The van der Waals surface area contributed by atoms with E-state index in [0.717, 1.165) is 35.2 Å². The summed E-state index contributed by atoms with van der Waals surface area (Å²) in [6, 6.07) is 6.08. The van der Waals surface area contributed by atoms with E-state index in [0.29, 0.717) is 6.54 Å². The fraction of sp³-hybridized carbons (Fsp3) is 0.500. The molecule has 0 saturated carbocycles. The molecule has 1 saturated heterocycles. The van der Waals surface area contributed by atoms with Gasteiger partial charge in [-0.05, 0) is 25.5 Å². The average Bonchev–Trinajstić information content (AvgIpc) is 2.81. The Kier molecular flexibility index (Phi) is 4.16. The zero-order valence-electron chi connectivity index (χ0n) is 11.4. The van der Waals surface area contributed by atoms with E-state index in [1.807, 2.05) is 19.1 Å². The number of rotatable bonds is 3. The Balaban J connectivity index is 2.27. The van der Waals surface area contributed by atoms with Crippen LogP contribution in [0.1, 0.15) is 18.9 Å². The van der Waals surface area contributed by atoms with Crippen LogP contribution in [0.5, 0.6) is 0 Å². The Morgan fingerprint density at radius 2 is 2.32 bits per heavy atom. The van der Waals surface area contributed by atoms with Gasteiger partial charge in [-0.25, -0.2) is 0 Å². The first-order chi connectivity index (χ1) is 9.01. The fourth-order valence-corrected chi connectivity index (χ4v) is 3.22. The van der Waals surface area contributed by atoms with E-state index in [9.17, 15) is 4.79 Å². The summed E-state index contributed by atoms with van der Waals surface area (Å²) >= 11 is 3.54. The largest absolute Gasteiger partial charge is 0.370 e. The second kappa shape index (κ2) is 5.51. The van der Waals surface area contributed by atoms with Crippen molar-refractivity contribution in [3.8, 4) is 0 Å². The Morgan fingerprint density at radius 1 is 1.58 bits per heavy atom. The molecule has 1 aliphatic rings. The molecule has 3 N–H and O–H groups in total. The normalized spacial score (nSPS) is 22.6. The number of hydrogen-bond acceptors (Lipinski definition) is 3. The first-order valence-corrected chi connectivity index (χ1v) is 7.26. The van der Waals surface area contributed by atoms with Crippen LogP contribution in [0.4, 0.5) is 5.69 Å². The lowest BCUT2D eigenvalue weighted by molar-refractivity contribution is -0.128. The standard InChI is InChI=1S/C14H20BrN3O/c1-14(13(19)17-2)6-7-18(9-14)12-5-3-4-11(15)10(12)8-16/h3-5H,6-9,16H2,1-2H3,(H,17,19). The van der Waals surface area contributed by atoms with Gasteiger partial charge in [0.15, 0.2) is 0 Å². The summed E-state index contributed by atoms with van der Waals surface area (Å²) in [5.74, 6) is 0.110. The Hall–Kier alpha value is -1.07. The van der Waals surface area contributed by atoms with E-state index in [4.69, 9.17) is 5.73 Å². The quantitative estimate of drug-likeness (QED) is 0.892. The summed E-state index contributed by atoms with van der Waals surface area (Å²) in [6.07, 6.45) is 0.864. The van der Waals surface area contributed by atoms with Crippen LogP contribution in [0.3, 0.4) is 0 Å². The summed E-state index contributed by atoms with van der Waals surface area (Å²) in [5, 5.41) is 2.76. The highest BCUT2D eigenvalue weighted by Crippen LogP contribution is 2.36. The zero-order valence-corrected chi connectivity index (χ0v) is 13.0. The van der Waals surface area contributed by atoms with Gasteiger partial charge in [0.05, 0.1) is 5.41 Å². The second-order valence-electron chi connectivity index (χ2n) is 5.25. The Morgan fingerprint density at radius 3 is 2.95 bits per heavy atom. The van der Waals surface area contributed by atoms with E-state index in [1.165, 1.54) is 0 Å². The molecular weight excluding hydrogens is 306 g/mol. The predicted molar refractivity (Wildman–Crippen MR) is 81.0 cm³/mol. The molecule has 1 atom stereocenters. The number of carbonyl (C=O) groups excluding carboxylic acids is 1. The molecule has 0 radical (unpaired) electrons. The van der Waals surface area contributed by atoms with E-state index >= 15 is 0 Å². The summed E-state index contributed by atoms with van der Waals surface area (Å²) in [6.45, 7) is 4.12. The van der Waals surface area contributed by atoms with Crippen LogP contribution in [-0.2, 0) is 11.3 Å². The molecule has 1 aromatic rings. The molecule has 0 aliphatic carbocycles. The molecule has 5 heteroatoms. The van der Waals surface area contributed by atoms with Crippen LogP contribution in [0.15, 0.2) is 22.7 Å². The number of nitrogens with one attached hydrogen (secondary N) is 1. The third kappa shape index (κ3) is 2.62. The van der Waals surface area contributed by atoms with Gasteiger partial charge in [0.25, 0.3) is 0 Å². The maximum atomic E-state index is 12.0. The molecule has 1 heterocycles. The lowest BCUT2D eigenvalue weighted by Gasteiger charge is -2.25. The topological polar surface area (TPSA) is 58.4 Å². The third-order valence-electron chi connectivity index (χ3n) is 3.89. The van der Waals surface area contributed by atoms with Gasteiger partial charge in [0.2, 0.25) is 5.91 Å². The minimum Gasteiger partial charge on any atom is -0.370 e. The first kappa shape index (κ1) is 14.3. The highest BCUT2D eigenvalue weighted by Gasteiger charge is 2.40. The molecule has 2 rings (SSSR count). The molecule has 1 unspecified atom stereocenters. The number of hydrogen-bond donors (Lipinski definition) is 2. The van der Waals surface area contributed by atoms with Crippen molar-refractivity contribution in [2.75, 3.05) is 25.0 Å². The van der Waals surface area contributed by atoms with Gasteiger partial charge >= 0.3 is 0 Å². The van der Waals surface area contributed by atoms with Crippen molar-refractivity contribution in [3.05, 3.63) is 28.2 Å². The highest BCUT2D eigenvalue weighted by atomic mass is 79.9. The Labute approximate surface area is 122 Å². The number of nitrogens with zero attached hydrogens (tertiary/aromatic N) is 1. The molecule has 0 spiro atoms. The van der Waals surface area contributed by atoms with Crippen molar-refractivity contribution >= 4 is 27.5 Å². The van der Waals surface area contributed by atoms with E-state index in [1.54, 1.807) is 7.05 Å². The van der Waals surface area contributed by atoms with Crippen LogP contribution < -0.4 is 16.0 Å². The Bertz CT molecular complexity index is 492. The van der Waals surface area contributed by atoms with Crippen molar-refractivity contribution < 1.29 is 4.79 Å². The number of benzene rings is 1. The molecule has 1 aliphatic heterocycles. The van der Waals surface area contributed by atoms with Gasteiger partial charge in [0, 0.05) is 42.4 Å². The third-order valence-corrected chi connectivity index (χ3v) is 4.63. The minimum atomic E-state index is -0.317. The van der Waals surface area contributed by atoms with Crippen LogP contribution in [-0.4, -0.2) is 26.0 Å². The van der Waals surface area contributed by atoms with Gasteiger partial charge in [0.1, 0.15) is 0 Å². The lowest BCUT2D eigenvalue weighted by atomic mass is 9.89. The lowest BCUT2D eigenvalue weighted by Crippen LogP contribution is -2.39.